The van der Waals surface area contributed by atoms with Gasteiger partial charge in [-0.3, -0.25) is 4.79 Å². The van der Waals surface area contributed by atoms with Gasteiger partial charge in [-0.2, -0.15) is 0 Å². The number of rotatable bonds is 6. The third-order valence-corrected chi connectivity index (χ3v) is 4.63. The smallest absolute Gasteiger partial charge is 0.276 e. The van der Waals surface area contributed by atoms with E-state index in [-0.39, 0.29) is 24.2 Å². The molecule has 0 radical (unpaired) electrons. The molecule has 0 spiro atoms. The number of nitrogens with zero attached hydrogens (tertiary/aromatic N) is 4. The van der Waals surface area contributed by atoms with Crippen molar-refractivity contribution < 1.29 is 19.0 Å². The van der Waals surface area contributed by atoms with Crippen LogP contribution in [0.2, 0.25) is 0 Å². The van der Waals surface area contributed by atoms with Crippen LogP contribution < -0.4 is 4.74 Å². The van der Waals surface area contributed by atoms with Gasteiger partial charge in [-0.05, 0) is 19.1 Å². The Morgan fingerprint density at radius 1 is 1.27 bits per heavy atom. The van der Waals surface area contributed by atoms with Crippen LogP contribution in [-0.4, -0.2) is 70.9 Å². The van der Waals surface area contributed by atoms with Gasteiger partial charge in [-0.1, -0.05) is 23.4 Å². The van der Waals surface area contributed by atoms with Crippen LogP contribution in [-0.2, 0) is 9.47 Å². The van der Waals surface area contributed by atoms with Crippen LogP contribution in [0.15, 0.2) is 36.5 Å². The fourth-order valence-corrected chi connectivity index (χ4v) is 3.21. The Balaban J connectivity index is 1.33. The predicted molar refractivity (Wildman–Crippen MR) is 92.1 cm³/mol. The average molecular weight is 358 g/mol. The first-order chi connectivity index (χ1) is 12.7. The van der Waals surface area contributed by atoms with E-state index in [1.165, 1.54) is 0 Å². The summed E-state index contributed by atoms with van der Waals surface area (Å²) in [6.45, 7) is 4.71. The van der Waals surface area contributed by atoms with Crippen molar-refractivity contribution in [1.82, 2.24) is 19.9 Å². The van der Waals surface area contributed by atoms with Crippen molar-refractivity contribution in [2.75, 3.05) is 32.9 Å². The Bertz CT molecular complexity index is 745. The molecule has 2 aromatic rings. The van der Waals surface area contributed by atoms with E-state index in [1.807, 2.05) is 37.3 Å². The van der Waals surface area contributed by atoms with E-state index < -0.39 is 0 Å². The zero-order valence-electron chi connectivity index (χ0n) is 14.7. The summed E-state index contributed by atoms with van der Waals surface area (Å²) in [5.41, 5.74) is 0.338. The zero-order chi connectivity index (χ0) is 17.9. The van der Waals surface area contributed by atoms with Gasteiger partial charge in [0.05, 0.1) is 32.5 Å². The van der Waals surface area contributed by atoms with Crippen molar-refractivity contribution in [3.63, 3.8) is 0 Å². The number of benzene rings is 1. The van der Waals surface area contributed by atoms with Gasteiger partial charge in [0.2, 0.25) is 0 Å². The van der Waals surface area contributed by atoms with E-state index in [2.05, 4.69) is 10.3 Å². The molecule has 8 nitrogen and oxygen atoms in total. The van der Waals surface area contributed by atoms with Crippen LogP contribution in [0.25, 0.3) is 0 Å². The number of para-hydroxylation sites is 1. The van der Waals surface area contributed by atoms with Crippen LogP contribution in [0.4, 0.5) is 0 Å². The molecular weight excluding hydrogens is 336 g/mol. The minimum absolute atomic E-state index is 0.0157. The second-order valence-corrected chi connectivity index (χ2v) is 6.45. The first kappa shape index (κ1) is 17.0. The van der Waals surface area contributed by atoms with Crippen molar-refractivity contribution >= 4 is 5.91 Å². The molecule has 2 aliphatic rings. The summed E-state index contributed by atoms with van der Waals surface area (Å²) in [6, 6.07) is 9.57. The second-order valence-electron chi connectivity index (χ2n) is 6.45. The Hall–Kier alpha value is -2.45. The zero-order valence-corrected chi connectivity index (χ0v) is 14.7. The number of amides is 1. The molecule has 3 heterocycles. The molecule has 138 valence electrons. The van der Waals surface area contributed by atoms with Gasteiger partial charge >= 0.3 is 0 Å². The number of aromatic nitrogens is 3. The molecule has 0 aliphatic carbocycles. The molecule has 2 aliphatic heterocycles. The van der Waals surface area contributed by atoms with Crippen LogP contribution in [0, 0.1) is 0 Å². The minimum atomic E-state index is -0.129. The SMILES string of the molecule is CCO[C@@H]1COC[C@H]1n1cc(C(=O)N2CC(Oc3ccccc3)C2)nn1. The molecule has 2 saturated heterocycles. The van der Waals surface area contributed by atoms with Gasteiger partial charge in [0, 0.05) is 6.61 Å². The van der Waals surface area contributed by atoms with E-state index in [0.29, 0.717) is 38.6 Å². The number of carbonyl (C=O) groups is 1. The summed E-state index contributed by atoms with van der Waals surface area (Å²) < 4.78 is 18.6. The van der Waals surface area contributed by atoms with Crippen molar-refractivity contribution in [2.24, 2.45) is 0 Å². The molecule has 1 aromatic heterocycles. The Labute approximate surface area is 151 Å². The lowest BCUT2D eigenvalue weighted by molar-refractivity contribution is 0.0173. The highest BCUT2D eigenvalue weighted by Crippen LogP contribution is 2.23. The van der Waals surface area contributed by atoms with Gasteiger partial charge in [-0.15, -0.1) is 5.10 Å². The lowest BCUT2D eigenvalue weighted by Gasteiger charge is -2.38. The van der Waals surface area contributed by atoms with E-state index in [0.717, 1.165) is 5.75 Å². The summed E-state index contributed by atoms with van der Waals surface area (Å²) in [5.74, 6) is 0.690. The highest BCUT2D eigenvalue weighted by Gasteiger charge is 2.36. The highest BCUT2D eigenvalue weighted by molar-refractivity contribution is 5.92. The molecule has 2 fully saturated rings. The predicted octanol–water partition coefficient (Wildman–Crippen LogP) is 1.16. The maximum absolute atomic E-state index is 12.6. The quantitative estimate of drug-likeness (QED) is 0.771. The first-order valence-corrected chi connectivity index (χ1v) is 8.86. The molecule has 0 N–H and O–H groups in total. The maximum atomic E-state index is 12.6. The fraction of sp³-hybridized carbons (Fsp3) is 0.500. The van der Waals surface area contributed by atoms with E-state index >= 15 is 0 Å². The summed E-state index contributed by atoms with van der Waals surface area (Å²) in [6.07, 6.45) is 1.64. The molecule has 2 atom stereocenters. The summed E-state index contributed by atoms with van der Waals surface area (Å²) >= 11 is 0. The topological polar surface area (TPSA) is 78.7 Å². The molecule has 1 aromatic carbocycles. The average Bonchev–Trinajstić information content (AvgIpc) is 3.27. The summed E-state index contributed by atoms with van der Waals surface area (Å²) in [7, 11) is 0. The number of carbonyl (C=O) groups excluding carboxylic acids is 1. The number of hydrogen-bond acceptors (Lipinski definition) is 6. The normalized spacial score (nSPS) is 23.0. The molecule has 26 heavy (non-hydrogen) atoms. The van der Waals surface area contributed by atoms with Gasteiger partial charge in [0.25, 0.3) is 5.91 Å². The van der Waals surface area contributed by atoms with Crippen LogP contribution in [0.5, 0.6) is 5.75 Å². The first-order valence-electron chi connectivity index (χ1n) is 8.86. The van der Waals surface area contributed by atoms with E-state index in [4.69, 9.17) is 14.2 Å². The summed E-state index contributed by atoms with van der Waals surface area (Å²) in [5, 5.41) is 8.14. The van der Waals surface area contributed by atoms with Gasteiger partial charge < -0.3 is 19.1 Å². The maximum Gasteiger partial charge on any atom is 0.276 e. The van der Waals surface area contributed by atoms with Gasteiger partial charge in [0.15, 0.2) is 5.69 Å². The minimum Gasteiger partial charge on any atom is -0.487 e. The molecule has 0 unspecified atom stereocenters. The summed E-state index contributed by atoms with van der Waals surface area (Å²) in [4.78, 5) is 14.3. The van der Waals surface area contributed by atoms with E-state index in [9.17, 15) is 4.79 Å². The van der Waals surface area contributed by atoms with Crippen LogP contribution in [0.1, 0.15) is 23.5 Å². The van der Waals surface area contributed by atoms with Gasteiger partial charge in [0.1, 0.15) is 24.0 Å². The molecular formula is C18H22N4O4. The Morgan fingerprint density at radius 3 is 2.85 bits per heavy atom. The standard InChI is InChI=1S/C18H22N4O4/c1-2-25-17-12-24-11-16(17)22-10-15(19-20-22)18(23)21-8-14(9-21)26-13-6-4-3-5-7-13/h3-7,10,14,16-17H,2,8-9,11-12H2,1H3/t16-,17-/m1/s1. The van der Waals surface area contributed by atoms with Crippen molar-refractivity contribution in [1.29, 1.82) is 0 Å². The van der Waals surface area contributed by atoms with Crippen LogP contribution in [0.3, 0.4) is 0 Å². The molecule has 0 bridgehead atoms. The molecule has 8 heteroatoms. The largest absolute Gasteiger partial charge is 0.487 e. The van der Waals surface area contributed by atoms with Crippen molar-refractivity contribution in [3.8, 4) is 5.75 Å². The number of hydrogen-bond donors (Lipinski definition) is 0. The number of ether oxygens (including phenoxy) is 3. The fourth-order valence-electron chi connectivity index (χ4n) is 3.21. The monoisotopic (exact) mass is 358 g/mol. The molecule has 4 rings (SSSR count). The third-order valence-electron chi connectivity index (χ3n) is 4.63. The highest BCUT2D eigenvalue weighted by atomic mass is 16.5. The van der Waals surface area contributed by atoms with Crippen molar-refractivity contribution in [3.05, 3.63) is 42.2 Å². The van der Waals surface area contributed by atoms with Crippen LogP contribution >= 0.6 is 0 Å². The number of likely N-dealkylation sites (tertiary alicyclic amines) is 1. The lowest BCUT2D eigenvalue weighted by Crippen LogP contribution is -2.56. The van der Waals surface area contributed by atoms with E-state index in [1.54, 1.807) is 15.8 Å². The third kappa shape index (κ3) is 3.42. The van der Waals surface area contributed by atoms with Crippen molar-refractivity contribution in [2.45, 2.75) is 25.2 Å². The molecule has 0 saturated carbocycles. The second kappa shape index (κ2) is 7.43. The molecule has 1 amide bonds. The van der Waals surface area contributed by atoms with Gasteiger partial charge in [-0.25, -0.2) is 4.68 Å². The Morgan fingerprint density at radius 2 is 2.08 bits per heavy atom. The Kier molecular flexibility index (Phi) is 4.85. The lowest BCUT2D eigenvalue weighted by atomic mass is 10.1.